The monoisotopic (exact) mass is 316 g/mol. The second kappa shape index (κ2) is 6.81. The molecule has 2 aromatic heterocycles. The van der Waals surface area contributed by atoms with Crippen LogP contribution in [-0.4, -0.2) is 34.9 Å². The number of carbonyl (C=O) groups excluding carboxylic acids is 1. The van der Waals surface area contributed by atoms with E-state index in [2.05, 4.69) is 28.8 Å². The highest BCUT2D eigenvalue weighted by Crippen LogP contribution is 2.21. The molecule has 0 N–H and O–H groups in total. The fourth-order valence-corrected chi connectivity index (χ4v) is 2.59. The Labute approximate surface area is 137 Å². The zero-order valence-electron chi connectivity index (χ0n) is 14.6. The number of carbonyl (C=O) groups is 1. The van der Waals surface area contributed by atoms with E-state index in [-0.39, 0.29) is 5.97 Å². The van der Waals surface area contributed by atoms with Crippen molar-refractivity contribution < 1.29 is 9.53 Å². The first-order chi connectivity index (χ1) is 10.8. The van der Waals surface area contributed by atoms with Crippen LogP contribution in [0.3, 0.4) is 0 Å². The Morgan fingerprint density at radius 2 is 2.09 bits per heavy atom. The molecule has 2 rings (SSSR count). The molecule has 0 saturated heterocycles. The minimum Gasteiger partial charge on any atom is -0.465 e. The number of hydrogen-bond donors (Lipinski definition) is 0. The zero-order valence-corrected chi connectivity index (χ0v) is 14.6. The summed E-state index contributed by atoms with van der Waals surface area (Å²) in [6.07, 6.45) is 2.04. The average Bonchev–Trinajstić information content (AvgIpc) is 2.87. The number of ether oxygens (including phenoxy) is 1. The predicted octanol–water partition coefficient (Wildman–Crippen LogP) is 2.67. The Morgan fingerprint density at radius 1 is 1.39 bits per heavy atom. The van der Waals surface area contributed by atoms with Crippen molar-refractivity contribution in [2.45, 2.75) is 33.2 Å². The molecule has 0 bridgehead atoms. The molecule has 0 spiro atoms. The maximum atomic E-state index is 11.6. The van der Waals surface area contributed by atoms with Crippen molar-refractivity contribution in [3.8, 4) is 0 Å². The number of aromatic nitrogens is 3. The quantitative estimate of drug-likeness (QED) is 0.794. The van der Waals surface area contributed by atoms with Crippen molar-refractivity contribution in [1.29, 1.82) is 0 Å². The molecule has 0 radical (unpaired) electrons. The average molecular weight is 316 g/mol. The highest BCUT2D eigenvalue weighted by atomic mass is 16.5. The summed E-state index contributed by atoms with van der Waals surface area (Å²) < 4.78 is 6.60. The second-order valence-electron chi connectivity index (χ2n) is 6.02. The van der Waals surface area contributed by atoms with E-state index >= 15 is 0 Å². The van der Waals surface area contributed by atoms with E-state index in [0.29, 0.717) is 23.7 Å². The molecule has 0 unspecified atom stereocenters. The van der Waals surface area contributed by atoms with E-state index < -0.39 is 0 Å². The minimum atomic E-state index is -0.362. The normalized spacial score (nSPS) is 10.9. The first kappa shape index (κ1) is 17.0. The molecule has 23 heavy (non-hydrogen) atoms. The molecule has 6 nitrogen and oxygen atoms in total. The number of pyridine rings is 1. The molecule has 2 heterocycles. The third kappa shape index (κ3) is 3.70. The van der Waals surface area contributed by atoms with Gasteiger partial charge in [0.15, 0.2) is 0 Å². The molecule has 0 fully saturated rings. The SMILES string of the molecule is COC(=O)c1ccc(N(C)Cc2cn(C)nc2C(C)C)nc1C. The largest absolute Gasteiger partial charge is 0.465 e. The highest BCUT2D eigenvalue weighted by Gasteiger charge is 2.16. The van der Waals surface area contributed by atoms with Crippen molar-refractivity contribution in [2.24, 2.45) is 7.05 Å². The van der Waals surface area contributed by atoms with Crippen LogP contribution in [0.5, 0.6) is 0 Å². The van der Waals surface area contributed by atoms with E-state index in [1.54, 1.807) is 6.07 Å². The minimum absolute atomic E-state index is 0.362. The van der Waals surface area contributed by atoms with Crippen LogP contribution in [0, 0.1) is 6.92 Å². The van der Waals surface area contributed by atoms with Crippen LogP contribution in [0.2, 0.25) is 0 Å². The molecule has 0 aromatic carbocycles. The van der Waals surface area contributed by atoms with Gasteiger partial charge in [-0.1, -0.05) is 13.8 Å². The molecule has 2 aromatic rings. The Hall–Kier alpha value is -2.37. The lowest BCUT2D eigenvalue weighted by atomic mass is 10.1. The van der Waals surface area contributed by atoms with Gasteiger partial charge in [0.05, 0.1) is 24.1 Å². The van der Waals surface area contributed by atoms with Gasteiger partial charge in [-0.05, 0) is 25.0 Å². The molecular formula is C17H24N4O2. The maximum Gasteiger partial charge on any atom is 0.339 e. The topological polar surface area (TPSA) is 60.2 Å². The number of nitrogens with zero attached hydrogens (tertiary/aromatic N) is 4. The molecule has 0 aliphatic rings. The number of esters is 1. The molecular weight excluding hydrogens is 292 g/mol. The Bertz CT molecular complexity index is 707. The van der Waals surface area contributed by atoms with Crippen molar-refractivity contribution >= 4 is 11.8 Å². The van der Waals surface area contributed by atoms with Crippen LogP contribution in [-0.2, 0) is 18.3 Å². The lowest BCUT2D eigenvalue weighted by Gasteiger charge is -2.19. The molecule has 0 aliphatic heterocycles. The Kier molecular flexibility index (Phi) is 5.03. The molecule has 124 valence electrons. The molecule has 6 heteroatoms. The summed E-state index contributed by atoms with van der Waals surface area (Å²) >= 11 is 0. The van der Waals surface area contributed by atoms with Gasteiger partial charge in [0.2, 0.25) is 0 Å². The number of methoxy groups -OCH3 is 1. The van der Waals surface area contributed by atoms with E-state index in [1.165, 1.54) is 12.7 Å². The smallest absolute Gasteiger partial charge is 0.339 e. The fraction of sp³-hybridized carbons (Fsp3) is 0.471. The number of hydrogen-bond acceptors (Lipinski definition) is 5. The number of aryl methyl sites for hydroxylation is 2. The van der Waals surface area contributed by atoms with Crippen molar-refractivity contribution in [3.63, 3.8) is 0 Å². The van der Waals surface area contributed by atoms with Crippen molar-refractivity contribution in [2.75, 3.05) is 19.1 Å². The van der Waals surface area contributed by atoms with Crippen LogP contribution >= 0.6 is 0 Å². The summed E-state index contributed by atoms with van der Waals surface area (Å²) in [7, 11) is 5.29. The second-order valence-corrected chi connectivity index (χ2v) is 6.02. The fourth-order valence-electron chi connectivity index (χ4n) is 2.59. The maximum absolute atomic E-state index is 11.6. The van der Waals surface area contributed by atoms with Crippen LogP contribution in [0.25, 0.3) is 0 Å². The van der Waals surface area contributed by atoms with E-state index in [0.717, 1.165) is 11.5 Å². The van der Waals surface area contributed by atoms with Crippen LogP contribution < -0.4 is 4.90 Å². The van der Waals surface area contributed by atoms with Crippen LogP contribution in [0.4, 0.5) is 5.82 Å². The number of rotatable bonds is 5. The lowest BCUT2D eigenvalue weighted by Crippen LogP contribution is -2.19. The van der Waals surface area contributed by atoms with E-state index in [1.807, 2.05) is 38.0 Å². The summed E-state index contributed by atoms with van der Waals surface area (Å²) in [5, 5.41) is 4.53. The van der Waals surface area contributed by atoms with Gasteiger partial charge in [0.25, 0.3) is 0 Å². The Balaban J connectivity index is 2.23. The van der Waals surface area contributed by atoms with Crippen LogP contribution in [0.15, 0.2) is 18.3 Å². The van der Waals surface area contributed by atoms with Gasteiger partial charge < -0.3 is 9.64 Å². The molecule has 0 amide bonds. The molecule has 0 atom stereocenters. The van der Waals surface area contributed by atoms with Gasteiger partial charge in [0, 0.05) is 32.4 Å². The van der Waals surface area contributed by atoms with E-state index in [9.17, 15) is 4.79 Å². The Morgan fingerprint density at radius 3 is 2.65 bits per heavy atom. The lowest BCUT2D eigenvalue weighted by molar-refractivity contribution is 0.0599. The third-order valence-electron chi connectivity index (χ3n) is 3.76. The van der Waals surface area contributed by atoms with Gasteiger partial charge in [-0.15, -0.1) is 0 Å². The summed E-state index contributed by atoms with van der Waals surface area (Å²) in [5.74, 6) is 0.822. The predicted molar refractivity (Wildman–Crippen MR) is 89.7 cm³/mol. The van der Waals surface area contributed by atoms with Crippen LogP contribution in [0.1, 0.15) is 47.1 Å². The van der Waals surface area contributed by atoms with Gasteiger partial charge in [0.1, 0.15) is 5.82 Å². The molecule has 0 saturated carbocycles. The number of anilines is 1. The van der Waals surface area contributed by atoms with Gasteiger partial charge in [-0.3, -0.25) is 4.68 Å². The first-order valence-electron chi connectivity index (χ1n) is 7.63. The highest BCUT2D eigenvalue weighted by molar-refractivity contribution is 5.90. The van der Waals surface area contributed by atoms with Crippen molar-refractivity contribution in [3.05, 3.63) is 40.8 Å². The summed E-state index contributed by atoms with van der Waals surface area (Å²) in [6.45, 7) is 6.80. The van der Waals surface area contributed by atoms with E-state index in [4.69, 9.17) is 4.74 Å². The van der Waals surface area contributed by atoms with Gasteiger partial charge >= 0.3 is 5.97 Å². The third-order valence-corrected chi connectivity index (χ3v) is 3.76. The van der Waals surface area contributed by atoms with Gasteiger partial charge in [-0.25, -0.2) is 9.78 Å². The summed E-state index contributed by atoms with van der Waals surface area (Å²) in [6, 6.07) is 3.59. The molecule has 0 aliphatic carbocycles. The summed E-state index contributed by atoms with van der Waals surface area (Å²) in [5.41, 5.74) is 3.44. The summed E-state index contributed by atoms with van der Waals surface area (Å²) in [4.78, 5) is 18.2. The zero-order chi connectivity index (χ0) is 17.1. The standard InChI is InChI=1S/C17H24N4O2/c1-11(2)16-13(10-21(5)19-16)9-20(4)15-8-7-14(12(3)18-15)17(22)23-6/h7-8,10-11H,9H2,1-6H3. The van der Waals surface area contributed by atoms with Gasteiger partial charge in [-0.2, -0.15) is 5.10 Å². The first-order valence-corrected chi connectivity index (χ1v) is 7.63. The van der Waals surface area contributed by atoms with Crippen molar-refractivity contribution in [1.82, 2.24) is 14.8 Å².